The maximum Gasteiger partial charge on any atom is 0.127 e. The van der Waals surface area contributed by atoms with Gasteiger partial charge in [0.05, 0.1) is 13.2 Å². The molecule has 109 valence electrons. The van der Waals surface area contributed by atoms with E-state index in [9.17, 15) is 0 Å². The van der Waals surface area contributed by atoms with Crippen molar-refractivity contribution >= 4 is 0 Å². The number of ether oxygens (including phenoxy) is 2. The fraction of sp³-hybridized carbons (Fsp3) is 0.333. The highest BCUT2D eigenvalue weighted by molar-refractivity contribution is 5.64. The lowest BCUT2D eigenvalue weighted by Crippen LogP contribution is -2.38. The molecule has 2 aromatic rings. The zero-order valence-electron chi connectivity index (χ0n) is 12.1. The number of morpholine rings is 1. The van der Waals surface area contributed by atoms with Crippen LogP contribution < -0.4 is 4.74 Å². The number of hydrogen-bond acceptors (Lipinski definition) is 3. The Morgan fingerprint density at radius 1 is 1.05 bits per heavy atom. The third kappa shape index (κ3) is 4.06. The predicted molar refractivity (Wildman–Crippen MR) is 83.5 cm³/mol. The Kier molecular flexibility index (Phi) is 4.87. The van der Waals surface area contributed by atoms with Crippen LogP contribution in [0.1, 0.15) is 0 Å². The molecule has 0 bridgehead atoms. The maximum absolute atomic E-state index is 5.83. The lowest BCUT2D eigenvalue weighted by atomic mass is 10.1. The van der Waals surface area contributed by atoms with E-state index in [0.717, 1.165) is 44.2 Å². The molecule has 0 N–H and O–H groups in total. The Balaban J connectivity index is 1.56. The predicted octanol–water partition coefficient (Wildman–Crippen LogP) is 2.86. The van der Waals surface area contributed by atoms with E-state index in [-0.39, 0.29) is 0 Å². The second-order valence-corrected chi connectivity index (χ2v) is 5.11. The molecule has 0 unspecified atom stereocenters. The minimum Gasteiger partial charge on any atom is -0.492 e. The van der Waals surface area contributed by atoms with E-state index < -0.39 is 0 Å². The Morgan fingerprint density at radius 2 is 1.86 bits per heavy atom. The second kappa shape index (κ2) is 7.25. The SMILES string of the molecule is [c]1ccc(-c2ccccc2)cc1OCCN1CCOCC1. The Morgan fingerprint density at radius 3 is 2.67 bits per heavy atom. The molecule has 1 radical (unpaired) electrons. The molecule has 1 fully saturated rings. The Labute approximate surface area is 126 Å². The van der Waals surface area contributed by atoms with E-state index in [0.29, 0.717) is 6.61 Å². The fourth-order valence-corrected chi connectivity index (χ4v) is 2.45. The molecule has 1 aliphatic rings. The summed E-state index contributed by atoms with van der Waals surface area (Å²) < 4.78 is 11.2. The van der Waals surface area contributed by atoms with Crippen LogP contribution in [0.25, 0.3) is 11.1 Å². The quantitative estimate of drug-likeness (QED) is 0.841. The van der Waals surface area contributed by atoms with Gasteiger partial charge in [-0.05, 0) is 23.3 Å². The molecule has 21 heavy (non-hydrogen) atoms. The summed E-state index contributed by atoms with van der Waals surface area (Å²) in [6.45, 7) is 5.28. The number of nitrogens with zero attached hydrogens (tertiary/aromatic N) is 1. The molecule has 0 atom stereocenters. The highest BCUT2D eigenvalue weighted by Crippen LogP contribution is 2.23. The molecule has 0 aliphatic carbocycles. The summed E-state index contributed by atoms with van der Waals surface area (Å²) in [4.78, 5) is 2.37. The summed E-state index contributed by atoms with van der Waals surface area (Å²) in [6, 6.07) is 19.5. The molecule has 0 spiro atoms. The first-order chi connectivity index (χ1) is 10.4. The normalized spacial score (nSPS) is 15.8. The molecule has 3 rings (SSSR count). The van der Waals surface area contributed by atoms with Gasteiger partial charge in [-0.2, -0.15) is 0 Å². The van der Waals surface area contributed by atoms with Gasteiger partial charge in [0.25, 0.3) is 0 Å². The molecule has 0 saturated carbocycles. The van der Waals surface area contributed by atoms with E-state index in [4.69, 9.17) is 9.47 Å². The smallest absolute Gasteiger partial charge is 0.127 e. The van der Waals surface area contributed by atoms with Gasteiger partial charge in [-0.15, -0.1) is 0 Å². The highest BCUT2D eigenvalue weighted by Gasteiger charge is 2.09. The first-order valence-corrected chi connectivity index (χ1v) is 7.42. The number of hydrogen-bond donors (Lipinski definition) is 0. The van der Waals surface area contributed by atoms with Crippen LogP contribution in [0.15, 0.2) is 48.5 Å². The van der Waals surface area contributed by atoms with Crippen molar-refractivity contribution in [2.75, 3.05) is 39.5 Å². The van der Waals surface area contributed by atoms with Gasteiger partial charge in [-0.3, -0.25) is 4.90 Å². The van der Waals surface area contributed by atoms with Crippen LogP contribution in [0, 0.1) is 6.07 Å². The van der Waals surface area contributed by atoms with Gasteiger partial charge in [0.1, 0.15) is 12.4 Å². The molecule has 3 nitrogen and oxygen atoms in total. The summed E-state index contributed by atoms with van der Waals surface area (Å²) in [5.41, 5.74) is 2.36. The zero-order chi connectivity index (χ0) is 14.3. The number of benzene rings is 2. The van der Waals surface area contributed by atoms with E-state index in [1.54, 1.807) is 0 Å². The summed E-state index contributed by atoms with van der Waals surface area (Å²) in [5, 5.41) is 0. The molecule has 1 aliphatic heterocycles. The maximum atomic E-state index is 5.83. The summed E-state index contributed by atoms with van der Waals surface area (Å²) in [7, 11) is 0. The van der Waals surface area contributed by atoms with Crippen molar-refractivity contribution in [3.63, 3.8) is 0 Å². The van der Waals surface area contributed by atoms with Crippen molar-refractivity contribution in [3.8, 4) is 16.9 Å². The van der Waals surface area contributed by atoms with Crippen molar-refractivity contribution in [2.45, 2.75) is 0 Å². The van der Waals surface area contributed by atoms with Crippen molar-refractivity contribution in [2.24, 2.45) is 0 Å². The molecule has 0 amide bonds. The summed E-state index contributed by atoms with van der Waals surface area (Å²) in [5.74, 6) is 0.810. The van der Waals surface area contributed by atoms with Crippen LogP contribution in [0.4, 0.5) is 0 Å². The lowest BCUT2D eigenvalue weighted by molar-refractivity contribution is 0.0322. The molecule has 0 aromatic heterocycles. The van der Waals surface area contributed by atoms with Crippen LogP contribution in [-0.2, 0) is 4.74 Å². The van der Waals surface area contributed by atoms with E-state index in [1.807, 2.05) is 24.3 Å². The first kappa shape index (κ1) is 14.1. The zero-order valence-corrected chi connectivity index (χ0v) is 12.1. The minimum atomic E-state index is 0.689. The molecular weight excluding hydrogens is 262 g/mol. The number of rotatable bonds is 5. The van der Waals surface area contributed by atoms with E-state index in [2.05, 4.69) is 35.2 Å². The highest BCUT2D eigenvalue weighted by atomic mass is 16.5. The third-order valence-electron chi connectivity index (χ3n) is 3.65. The van der Waals surface area contributed by atoms with Crippen LogP contribution >= 0.6 is 0 Å². The fourth-order valence-electron chi connectivity index (χ4n) is 2.45. The average Bonchev–Trinajstić information content (AvgIpc) is 2.57. The van der Waals surface area contributed by atoms with Gasteiger partial charge in [-0.25, -0.2) is 0 Å². The van der Waals surface area contributed by atoms with Crippen LogP contribution in [0.2, 0.25) is 0 Å². The molecule has 1 heterocycles. The van der Waals surface area contributed by atoms with E-state index >= 15 is 0 Å². The lowest BCUT2D eigenvalue weighted by Gasteiger charge is -2.26. The summed E-state index contributed by atoms with van der Waals surface area (Å²) in [6.07, 6.45) is 0. The Bertz CT molecular complexity index is 550. The second-order valence-electron chi connectivity index (χ2n) is 5.11. The van der Waals surface area contributed by atoms with Crippen LogP contribution in [0.3, 0.4) is 0 Å². The molecule has 2 aromatic carbocycles. The monoisotopic (exact) mass is 282 g/mol. The van der Waals surface area contributed by atoms with Crippen LogP contribution in [-0.4, -0.2) is 44.4 Å². The standard InChI is InChI=1S/C18H20NO2/c1-2-5-16(6-3-1)17-7-4-8-18(15-17)21-14-11-19-9-12-20-13-10-19/h1-7,15H,9-14H2. The topological polar surface area (TPSA) is 21.7 Å². The Hall–Kier alpha value is -1.84. The molecule has 1 saturated heterocycles. The van der Waals surface area contributed by atoms with Gasteiger partial charge in [0, 0.05) is 25.7 Å². The van der Waals surface area contributed by atoms with Crippen molar-refractivity contribution in [1.29, 1.82) is 0 Å². The molecular formula is C18H20NO2. The van der Waals surface area contributed by atoms with Gasteiger partial charge < -0.3 is 9.47 Å². The first-order valence-electron chi connectivity index (χ1n) is 7.42. The van der Waals surface area contributed by atoms with Crippen molar-refractivity contribution in [3.05, 3.63) is 54.6 Å². The van der Waals surface area contributed by atoms with Gasteiger partial charge in [0.2, 0.25) is 0 Å². The van der Waals surface area contributed by atoms with Crippen molar-refractivity contribution in [1.82, 2.24) is 4.90 Å². The van der Waals surface area contributed by atoms with Gasteiger partial charge in [0.15, 0.2) is 0 Å². The largest absolute Gasteiger partial charge is 0.492 e. The molecule has 3 heteroatoms. The summed E-state index contributed by atoms with van der Waals surface area (Å²) >= 11 is 0. The minimum absolute atomic E-state index is 0.689. The third-order valence-corrected chi connectivity index (χ3v) is 3.65. The van der Waals surface area contributed by atoms with E-state index in [1.165, 1.54) is 5.56 Å². The van der Waals surface area contributed by atoms with Crippen molar-refractivity contribution < 1.29 is 9.47 Å². The van der Waals surface area contributed by atoms with Gasteiger partial charge >= 0.3 is 0 Å². The average molecular weight is 282 g/mol. The van der Waals surface area contributed by atoms with Gasteiger partial charge in [-0.1, -0.05) is 36.4 Å². The van der Waals surface area contributed by atoms with Crippen LogP contribution in [0.5, 0.6) is 5.75 Å².